The first-order chi connectivity index (χ1) is 2.89. The van der Waals surface area contributed by atoms with E-state index in [0.29, 0.717) is 0 Å². The van der Waals surface area contributed by atoms with Crippen LogP contribution < -0.4 is 0 Å². The molecule has 0 aliphatic rings. The van der Waals surface area contributed by atoms with Gasteiger partial charge in [0.1, 0.15) is 0 Å². The number of aromatic amines is 1. The summed E-state index contributed by atoms with van der Waals surface area (Å²) < 4.78 is 11.6. The Balaban J connectivity index is 0.000000360. The SMILES string of the molecule is Cl.Fc1cn[nH]c1. The highest BCUT2D eigenvalue weighted by Gasteiger charge is 1.80. The number of halogens is 2. The molecule has 0 saturated heterocycles. The summed E-state index contributed by atoms with van der Waals surface area (Å²) >= 11 is 0. The van der Waals surface area contributed by atoms with Crippen molar-refractivity contribution in [1.29, 1.82) is 0 Å². The van der Waals surface area contributed by atoms with Gasteiger partial charge in [-0.25, -0.2) is 4.39 Å². The summed E-state index contributed by atoms with van der Waals surface area (Å²) in [7, 11) is 0. The highest BCUT2D eigenvalue weighted by molar-refractivity contribution is 5.85. The monoisotopic (exact) mass is 122 g/mol. The Labute approximate surface area is 46.1 Å². The average molecular weight is 123 g/mol. The Morgan fingerprint density at radius 3 is 2.57 bits per heavy atom. The quantitative estimate of drug-likeness (QED) is 0.546. The number of nitrogens with one attached hydrogen (secondary N) is 1. The van der Waals surface area contributed by atoms with Crippen molar-refractivity contribution in [1.82, 2.24) is 10.2 Å². The molecule has 0 aliphatic heterocycles. The van der Waals surface area contributed by atoms with E-state index in [0.717, 1.165) is 6.20 Å². The van der Waals surface area contributed by atoms with E-state index < -0.39 is 0 Å². The molecule has 0 atom stereocenters. The normalized spacial score (nSPS) is 7.57. The Morgan fingerprint density at radius 1 is 1.71 bits per heavy atom. The van der Waals surface area contributed by atoms with Gasteiger partial charge in [0.15, 0.2) is 5.82 Å². The van der Waals surface area contributed by atoms with Gasteiger partial charge in [-0.15, -0.1) is 12.4 Å². The van der Waals surface area contributed by atoms with Gasteiger partial charge in [-0.2, -0.15) is 5.10 Å². The summed E-state index contributed by atoms with van der Waals surface area (Å²) in [6.45, 7) is 0. The molecule has 1 aromatic rings. The lowest BCUT2D eigenvalue weighted by Gasteiger charge is -1.57. The van der Waals surface area contributed by atoms with Crippen LogP contribution in [0.1, 0.15) is 0 Å². The van der Waals surface area contributed by atoms with Gasteiger partial charge in [-0.05, 0) is 0 Å². The van der Waals surface area contributed by atoms with Crippen LogP contribution in [0.2, 0.25) is 0 Å². The lowest BCUT2D eigenvalue weighted by atomic mass is 10.7. The molecule has 1 rings (SSSR count). The second kappa shape index (κ2) is 2.58. The topological polar surface area (TPSA) is 28.7 Å². The van der Waals surface area contributed by atoms with E-state index in [4.69, 9.17) is 0 Å². The summed E-state index contributed by atoms with van der Waals surface area (Å²) in [5, 5.41) is 5.63. The predicted octanol–water partition coefficient (Wildman–Crippen LogP) is 0.971. The zero-order valence-corrected chi connectivity index (χ0v) is 4.20. The third-order valence-corrected chi connectivity index (χ3v) is 0.465. The molecule has 7 heavy (non-hydrogen) atoms. The summed E-state index contributed by atoms with van der Waals surface area (Å²) in [5.74, 6) is -0.324. The van der Waals surface area contributed by atoms with Crippen molar-refractivity contribution in [2.24, 2.45) is 0 Å². The minimum Gasteiger partial charge on any atom is -0.283 e. The lowest BCUT2D eigenvalue weighted by molar-refractivity contribution is 0.628. The van der Waals surface area contributed by atoms with Crippen LogP contribution >= 0.6 is 12.4 Å². The molecule has 0 spiro atoms. The zero-order valence-electron chi connectivity index (χ0n) is 3.39. The van der Waals surface area contributed by atoms with Crippen molar-refractivity contribution in [3.05, 3.63) is 18.2 Å². The van der Waals surface area contributed by atoms with Crippen LogP contribution in [-0.4, -0.2) is 10.2 Å². The van der Waals surface area contributed by atoms with Crippen LogP contribution in [0.5, 0.6) is 0 Å². The Kier molecular flexibility index (Phi) is 2.37. The van der Waals surface area contributed by atoms with Crippen LogP contribution in [-0.2, 0) is 0 Å². The minimum absolute atomic E-state index is 0. The van der Waals surface area contributed by atoms with Crippen LogP contribution in [0.4, 0.5) is 4.39 Å². The van der Waals surface area contributed by atoms with E-state index >= 15 is 0 Å². The fourth-order valence-corrected chi connectivity index (χ4v) is 0.235. The number of aromatic nitrogens is 2. The molecule has 0 aliphatic carbocycles. The first-order valence-electron chi connectivity index (χ1n) is 1.54. The number of H-pyrrole nitrogens is 1. The lowest BCUT2D eigenvalue weighted by Crippen LogP contribution is -1.53. The van der Waals surface area contributed by atoms with Crippen molar-refractivity contribution < 1.29 is 4.39 Å². The van der Waals surface area contributed by atoms with E-state index in [1.807, 2.05) is 0 Å². The molecule has 40 valence electrons. The van der Waals surface area contributed by atoms with Gasteiger partial charge in [0.25, 0.3) is 0 Å². The molecular weight excluding hydrogens is 118 g/mol. The van der Waals surface area contributed by atoms with Crippen LogP contribution in [0, 0.1) is 5.82 Å². The predicted molar refractivity (Wildman–Crippen MR) is 25.8 cm³/mol. The van der Waals surface area contributed by atoms with E-state index in [2.05, 4.69) is 10.2 Å². The molecule has 1 aromatic heterocycles. The van der Waals surface area contributed by atoms with Gasteiger partial charge in [0, 0.05) is 0 Å². The molecule has 0 aromatic carbocycles. The first kappa shape index (κ1) is 6.43. The number of hydrogen-bond donors (Lipinski definition) is 1. The summed E-state index contributed by atoms with van der Waals surface area (Å²) in [6, 6.07) is 0. The molecule has 1 N–H and O–H groups in total. The zero-order chi connectivity index (χ0) is 4.41. The van der Waals surface area contributed by atoms with E-state index in [-0.39, 0.29) is 18.2 Å². The molecule has 0 radical (unpaired) electrons. The van der Waals surface area contributed by atoms with Gasteiger partial charge in [0.2, 0.25) is 0 Å². The summed E-state index contributed by atoms with van der Waals surface area (Å²) in [4.78, 5) is 0. The molecule has 0 saturated carbocycles. The molecular formula is C3H4ClFN2. The fraction of sp³-hybridized carbons (Fsp3) is 0. The summed E-state index contributed by atoms with van der Waals surface area (Å²) in [6.07, 6.45) is 2.29. The molecule has 2 nitrogen and oxygen atoms in total. The maximum Gasteiger partial charge on any atom is 0.160 e. The van der Waals surface area contributed by atoms with E-state index in [1.54, 1.807) is 0 Å². The smallest absolute Gasteiger partial charge is 0.160 e. The Bertz CT molecular complexity index is 116. The van der Waals surface area contributed by atoms with Crippen molar-refractivity contribution in [2.45, 2.75) is 0 Å². The number of rotatable bonds is 0. The largest absolute Gasteiger partial charge is 0.283 e. The molecule has 1 heterocycles. The maximum atomic E-state index is 11.6. The van der Waals surface area contributed by atoms with Crippen LogP contribution in [0.15, 0.2) is 12.4 Å². The van der Waals surface area contributed by atoms with Crippen LogP contribution in [0.3, 0.4) is 0 Å². The molecule has 0 unspecified atom stereocenters. The molecule has 0 amide bonds. The Morgan fingerprint density at radius 2 is 2.43 bits per heavy atom. The first-order valence-corrected chi connectivity index (χ1v) is 1.54. The Hall–Kier alpha value is -0.570. The van der Waals surface area contributed by atoms with Crippen molar-refractivity contribution >= 4 is 12.4 Å². The number of nitrogens with zero attached hydrogens (tertiary/aromatic N) is 1. The van der Waals surface area contributed by atoms with E-state index in [1.165, 1.54) is 6.20 Å². The minimum atomic E-state index is -0.324. The second-order valence-electron chi connectivity index (χ2n) is 0.917. The van der Waals surface area contributed by atoms with Crippen molar-refractivity contribution in [3.63, 3.8) is 0 Å². The molecule has 4 heteroatoms. The third kappa shape index (κ3) is 1.55. The number of hydrogen-bond acceptors (Lipinski definition) is 1. The van der Waals surface area contributed by atoms with Gasteiger partial charge in [-0.3, -0.25) is 5.10 Å². The van der Waals surface area contributed by atoms with Crippen LogP contribution in [0.25, 0.3) is 0 Å². The second-order valence-corrected chi connectivity index (χ2v) is 0.917. The van der Waals surface area contributed by atoms with E-state index in [9.17, 15) is 4.39 Å². The van der Waals surface area contributed by atoms with Gasteiger partial charge >= 0.3 is 0 Å². The van der Waals surface area contributed by atoms with Crippen molar-refractivity contribution in [3.8, 4) is 0 Å². The highest BCUT2D eigenvalue weighted by atomic mass is 35.5. The molecule has 0 fully saturated rings. The standard InChI is InChI=1S/C3H3FN2.ClH/c4-3-1-5-6-2-3;/h1-2H,(H,5,6);1H. The third-order valence-electron chi connectivity index (χ3n) is 0.465. The molecule has 0 bridgehead atoms. The van der Waals surface area contributed by atoms with Gasteiger partial charge < -0.3 is 0 Å². The fourth-order valence-electron chi connectivity index (χ4n) is 0.235. The average Bonchev–Trinajstić information content (AvgIpc) is 1.86. The van der Waals surface area contributed by atoms with Gasteiger partial charge in [-0.1, -0.05) is 0 Å². The maximum absolute atomic E-state index is 11.6. The summed E-state index contributed by atoms with van der Waals surface area (Å²) in [5.41, 5.74) is 0. The van der Waals surface area contributed by atoms with Gasteiger partial charge in [0.05, 0.1) is 12.4 Å². The van der Waals surface area contributed by atoms with Crippen molar-refractivity contribution in [2.75, 3.05) is 0 Å². The highest BCUT2D eigenvalue weighted by Crippen LogP contribution is 1.84.